The predicted octanol–water partition coefficient (Wildman–Crippen LogP) is 2.04. The zero-order valence-corrected chi connectivity index (χ0v) is 11.8. The number of alkyl halides is 3. The van der Waals surface area contributed by atoms with Crippen molar-refractivity contribution in [3.05, 3.63) is 17.6 Å². The molecule has 1 fully saturated rings. The lowest BCUT2D eigenvalue weighted by Crippen LogP contribution is -2.45. The van der Waals surface area contributed by atoms with E-state index >= 15 is 0 Å². The number of piperazine rings is 1. The first-order valence-corrected chi connectivity index (χ1v) is 6.72. The summed E-state index contributed by atoms with van der Waals surface area (Å²) >= 11 is 0. The van der Waals surface area contributed by atoms with Gasteiger partial charge in [0.05, 0.1) is 5.39 Å². The average Bonchev–Trinajstić information content (AvgIpc) is 2.77. The van der Waals surface area contributed by atoms with Crippen molar-refractivity contribution in [1.29, 1.82) is 0 Å². The number of hydrogen-bond donors (Lipinski definition) is 1. The Morgan fingerprint density at radius 1 is 1.14 bits per heavy atom. The minimum atomic E-state index is -4.55. The van der Waals surface area contributed by atoms with E-state index in [0.717, 1.165) is 18.8 Å². The van der Waals surface area contributed by atoms with Gasteiger partial charge in [0.2, 0.25) is 5.82 Å². The molecule has 1 N–H and O–H groups in total. The molecule has 5 nitrogen and oxygen atoms in total. The Morgan fingerprint density at radius 3 is 2.43 bits per heavy atom. The molecule has 3 rings (SSSR count). The van der Waals surface area contributed by atoms with Crippen LogP contribution in [0.2, 0.25) is 0 Å². The maximum Gasteiger partial charge on any atom is 0.451 e. The fourth-order valence-electron chi connectivity index (χ4n) is 2.51. The monoisotopic (exact) mass is 299 g/mol. The highest BCUT2D eigenvalue weighted by atomic mass is 19.4. The van der Waals surface area contributed by atoms with Crippen LogP contribution in [0.4, 0.5) is 19.0 Å². The fraction of sp³-hybridized carbons (Fsp3) is 0.538. The Kier molecular flexibility index (Phi) is 3.27. The number of anilines is 1. The molecule has 3 heterocycles. The van der Waals surface area contributed by atoms with Crippen LogP contribution in [0.1, 0.15) is 11.5 Å². The number of aromatic nitrogens is 3. The van der Waals surface area contributed by atoms with Gasteiger partial charge >= 0.3 is 6.18 Å². The molecule has 21 heavy (non-hydrogen) atoms. The summed E-state index contributed by atoms with van der Waals surface area (Å²) in [5.41, 5.74) is 1.01. The molecule has 1 aliphatic heterocycles. The standard InChI is InChI=1S/C13H16F3N5/c1-8-7-9-10(17-8)18-12(13(14,15)16)19-11(9)21-5-3-20(2)4-6-21/h7H,3-6H2,1-2H3,(H,17,18,19). The van der Waals surface area contributed by atoms with Crippen molar-refractivity contribution in [2.75, 3.05) is 38.1 Å². The van der Waals surface area contributed by atoms with Gasteiger partial charge < -0.3 is 14.8 Å². The molecular formula is C13H16F3N5. The number of rotatable bonds is 1. The van der Waals surface area contributed by atoms with Crippen LogP contribution in [0.25, 0.3) is 11.0 Å². The van der Waals surface area contributed by atoms with Crippen molar-refractivity contribution in [1.82, 2.24) is 19.9 Å². The van der Waals surface area contributed by atoms with Crippen LogP contribution in [0.3, 0.4) is 0 Å². The molecule has 0 aromatic carbocycles. The minimum absolute atomic E-state index is 0.240. The number of aryl methyl sites for hydroxylation is 1. The van der Waals surface area contributed by atoms with E-state index in [2.05, 4.69) is 19.9 Å². The van der Waals surface area contributed by atoms with Gasteiger partial charge in [0.1, 0.15) is 11.5 Å². The van der Waals surface area contributed by atoms with Gasteiger partial charge in [0, 0.05) is 31.9 Å². The predicted molar refractivity (Wildman–Crippen MR) is 73.3 cm³/mol. The van der Waals surface area contributed by atoms with E-state index in [-0.39, 0.29) is 5.65 Å². The largest absolute Gasteiger partial charge is 0.451 e. The highest BCUT2D eigenvalue weighted by Gasteiger charge is 2.36. The zero-order chi connectivity index (χ0) is 15.2. The lowest BCUT2D eigenvalue weighted by molar-refractivity contribution is -0.144. The van der Waals surface area contributed by atoms with Gasteiger partial charge in [-0.2, -0.15) is 13.2 Å². The molecule has 0 bridgehead atoms. The smallest absolute Gasteiger partial charge is 0.353 e. The summed E-state index contributed by atoms with van der Waals surface area (Å²) < 4.78 is 38.9. The summed E-state index contributed by atoms with van der Waals surface area (Å²) in [7, 11) is 1.99. The molecule has 114 valence electrons. The molecule has 2 aromatic heterocycles. The van der Waals surface area contributed by atoms with Crippen molar-refractivity contribution in [3.63, 3.8) is 0 Å². The number of aromatic amines is 1. The topological polar surface area (TPSA) is 48.1 Å². The summed E-state index contributed by atoms with van der Waals surface area (Å²) in [5.74, 6) is -0.726. The van der Waals surface area contributed by atoms with E-state index < -0.39 is 12.0 Å². The Labute approximate surface area is 119 Å². The van der Waals surface area contributed by atoms with Crippen molar-refractivity contribution in [3.8, 4) is 0 Å². The Hall–Kier alpha value is -1.83. The fourth-order valence-corrected chi connectivity index (χ4v) is 2.51. The molecule has 0 atom stereocenters. The van der Waals surface area contributed by atoms with Crippen molar-refractivity contribution in [2.45, 2.75) is 13.1 Å². The second kappa shape index (κ2) is 4.87. The molecule has 1 saturated heterocycles. The number of H-pyrrole nitrogens is 1. The highest BCUT2D eigenvalue weighted by Crippen LogP contribution is 2.32. The third-order valence-corrected chi connectivity index (χ3v) is 3.66. The number of nitrogens with zero attached hydrogens (tertiary/aromatic N) is 4. The molecule has 2 aromatic rings. The molecule has 0 aliphatic carbocycles. The van der Waals surface area contributed by atoms with Crippen LogP contribution in [-0.2, 0) is 6.18 Å². The molecule has 0 amide bonds. The lowest BCUT2D eigenvalue weighted by Gasteiger charge is -2.33. The van der Waals surface area contributed by atoms with Crippen LogP contribution in [0, 0.1) is 6.92 Å². The summed E-state index contributed by atoms with van der Waals surface area (Å²) in [5, 5.41) is 0.644. The van der Waals surface area contributed by atoms with Crippen molar-refractivity contribution >= 4 is 16.9 Å². The first kappa shape index (κ1) is 14.1. The molecule has 1 aliphatic rings. The van der Waals surface area contributed by atoms with Gasteiger partial charge in [-0.1, -0.05) is 0 Å². The molecule has 8 heteroatoms. The zero-order valence-electron chi connectivity index (χ0n) is 11.8. The average molecular weight is 299 g/mol. The van der Waals surface area contributed by atoms with E-state index in [1.54, 1.807) is 13.0 Å². The summed E-state index contributed by atoms with van der Waals surface area (Å²) in [6, 6.07) is 1.79. The SMILES string of the molecule is Cc1cc2c(N3CCN(C)CC3)nc(C(F)(F)F)nc2[nH]1. The first-order chi connectivity index (χ1) is 9.84. The summed E-state index contributed by atoms with van der Waals surface area (Å²) in [6.07, 6.45) is -4.55. The van der Waals surface area contributed by atoms with Crippen LogP contribution < -0.4 is 4.90 Å². The summed E-state index contributed by atoms with van der Waals surface area (Å²) in [4.78, 5) is 14.3. The maximum absolute atomic E-state index is 13.0. The maximum atomic E-state index is 13.0. The number of likely N-dealkylation sites (N-methyl/N-ethyl adjacent to an activating group) is 1. The van der Waals surface area contributed by atoms with Crippen LogP contribution in [0.15, 0.2) is 6.07 Å². The Balaban J connectivity index is 2.10. The lowest BCUT2D eigenvalue weighted by atomic mass is 10.2. The number of hydrogen-bond acceptors (Lipinski definition) is 4. The molecule has 0 unspecified atom stereocenters. The molecule has 0 spiro atoms. The first-order valence-electron chi connectivity index (χ1n) is 6.72. The molecule has 0 saturated carbocycles. The number of nitrogens with one attached hydrogen (secondary N) is 1. The van der Waals surface area contributed by atoms with Crippen molar-refractivity contribution in [2.24, 2.45) is 0 Å². The Bertz CT molecular complexity index is 656. The van der Waals surface area contributed by atoms with Gasteiger partial charge in [0.25, 0.3) is 0 Å². The second-order valence-electron chi connectivity index (χ2n) is 5.37. The van der Waals surface area contributed by atoms with E-state index in [4.69, 9.17) is 0 Å². The summed E-state index contributed by atoms with van der Waals surface area (Å²) in [6.45, 7) is 4.71. The van der Waals surface area contributed by atoms with Gasteiger partial charge in [-0.3, -0.25) is 0 Å². The van der Waals surface area contributed by atoms with Crippen LogP contribution in [0.5, 0.6) is 0 Å². The Morgan fingerprint density at radius 2 is 1.81 bits per heavy atom. The number of fused-ring (bicyclic) bond motifs is 1. The van der Waals surface area contributed by atoms with Crippen LogP contribution >= 0.6 is 0 Å². The van der Waals surface area contributed by atoms with E-state index in [0.29, 0.717) is 24.3 Å². The minimum Gasteiger partial charge on any atom is -0.353 e. The highest BCUT2D eigenvalue weighted by molar-refractivity contribution is 5.88. The quantitative estimate of drug-likeness (QED) is 0.875. The second-order valence-corrected chi connectivity index (χ2v) is 5.37. The third kappa shape index (κ3) is 2.67. The van der Waals surface area contributed by atoms with E-state index in [9.17, 15) is 13.2 Å². The van der Waals surface area contributed by atoms with E-state index in [1.807, 2.05) is 11.9 Å². The molecule has 0 radical (unpaired) electrons. The van der Waals surface area contributed by atoms with Crippen molar-refractivity contribution < 1.29 is 13.2 Å². The van der Waals surface area contributed by atoms with Gasteiger partial charge in [-0.05, 0) is 20.0 Å². The van der Waals surface area contributed by atoms with E-state index in [1.165, 1.54) is 0 Å². The van der Waals surface area contributed by atoms with Crippen LogP contribution in [-0.4, -0.2) is 53.1 Å². The van der Waals surface area contributed by atoms with Gasteiger partial charge in [0.15, 0.2) is 0 Å². The third-order valence-electron chi connectivity index (χ3n) is 3.66. The van der Waals surface area contributed by atoms with Gasteiger partial charge in [-0.25, -0.2) is 9.97 Å². The normalized spacial score (nSPS) is 17.7. The molecular weight excluding hydrogens is 283 g/mol. The van der Waals surface area contributed by atoms with Gasteiger partial charge in [-0.15, -0.1) is 0 Å². The number of halogens is 3.